The fraction of sp³-hybridized carbons (Fsp3) is 0.692. The van der Waals surface area contributed by atoms with Crippen molar-refractivity contribution >= 4 is 22.5 Å². The highest BCUT2D eigenvalue weighted by molar-refractivity contribution is 7.13. The van der Waals surface area contributed by atoms with Gasteiger partial charge in [-0.1, -0.05) is 6.92 Å². The highest BCUT2D eigenvalue weighted by atomic mass is 32.1. The molecule has 1 aliphatic heterocycles. The zero-order valence-electron chi connectivity index (χ0n) is 12.1. The van der Waals surface area contributed by atoms with Crippen LogP contribution in [0.5, 0.6) is 0 Å². The normalized spacial score (nSPS) is 18.7. The molecule has 0 radical (unpaired) electrons. The number of rotatable bonds is 5. The van der Waals surface area contributed by atoms with Gasteiger partial charge < -0.3 is 10.2 Å². The van der Waals surface area contributed by atoms with Crippen molar-refractivity contribution in [1.29, 1.82) is 0 Å². The number of likely N-dealkylation sites (N-methyl/N-ethyl adjacent to an activating group) is 1. The maximum atomic E-state index is 11.7. The van der Waals surface area contributed by atoms with Gasteiger partial charge in [0.1, 0.15) is 0 Å². The van der Waals surface area contributed by atoms with Crippen LogP contribution in [0.4, 0.5) is 9.93 Å². The number of nitrogens with zero attached hydrogens (tertiary/aromatic N) is 3. The first-order chi connectivity index (χ1) is 9.69. The average molecular weight is 297 g/mol. The predicted molar refractivity (Wildman–Crippen MR) is 82.3 cm³/mol. The summed E-state index contributed by atoms with van der Waals surface area (Å²) in [6, 6.07) is 0.176. The lowest BCUT2D eigenvalue weighted by atomic mass is 10.2. The van der Waals surface area contributed by atoms with E-state index < -0.39 is 0 Å². The molecule has 0 saturated carbocycles. The number of urea groups is 1. The number of amides is 2. The van der Waals surface area contributed by atoms with Gasteiger partial charge in [-0.05, 0) is 13.5 Å². The molecule has 7 heteroatoms. The van der Waals surface area contributed by atoms with Crippen molar-refractivity contribution < 1.29 is 4.79 Å². The molecule has 2 N–H and O–H groups in total. The van der Waals surface area contributed by atoms with E-state index in [0.29, 0.717) is 17.7 Å². The number of hydrogen-bond donors (Lipinski definition) is 2. The third kappa shape index (κ3) is 4.43. The molecule has 20 heavy (non-hydrogen) atoms. The zero-order valence-corrected chi connectivity index (χ0v) is 12.9. The third-order valence-electron chi connectivity index (χ3n) is 3.69. The van der Waals surface area contributed by atoms with Crippen LogP contribution in [-0.2, 0) is 0 Å². The van der Waals surface area contributed by atoms with Crippen LogP contribution in [0.3, 0.4) is 0 Å². The van der Waals surface area contributed by atoms with E-state index in [1.807, 2.05) is 5.38 Å². The van der Waals surface area contributed by atoms with Crippen molar-refractivity contribution in [2.24, 2.45) is 0 Å². The third-order valence-corrected chi connectivity index (χ3v) is 4.38. The summed E-state index contributed by atoms with van der Waals surface area (Å²) in [4.78, 5) is 20.6. The summed E-state index contributed by atoms with van der Waals surface area (Å²) in [5.41, 5.74) is 0. The van der Waals surface area contributed by atoms with Crippen LogP contribution >= 0.6 is 11.3 Å². The number of anilines is 1. The minimum atomic E-state index is -0.181. The van der Waals surface area contributed by atoms with Crippen molar-refractivity contribution in [3.05, 3.63) is 11.6 Å². The summed E-state index contributed by atoms with van der Waals surface area (Å²) < 4.78 is 0. The lowest BCUT2D eigenvalue weighted by Gasteiger charge is -2.37. The van der Waals surface area contributed by atoms with E-state index in [1.54, 1.807) is 6.20 Å². The van der Waals surface area contributed by atoms with Gasteiger partial charge in [0.15, 0.2) is 5.13 Å². The average Bonchev–Trinajstić information content (AvgIpc) is 2.97. The molecule has 1 atom stereocenters. The Bertz CT molecular complexity index is 403. The molecule has 2 amide bonds. The zero-order chi connectivity index (χ0) is 14.4. The summed E-state index contributed by atoms with van der Waals surface area (Å²) in [7, 11) is 0. The fourth-order valence-corrected chi connectivity index (χ4v) is 2.84. The Morgan fingerprint density at radius 2 is 2.20 bits per heavy atom. The van der Waals surface area contributed by atoms with Gasteiger partial charge in [-0.3, -0.25) is 10.2 Å². The van der Waals surface area contributed by atoms with E-state index in [1.165, 1.54) is 11.3 Å². The number of piperazine rings is 1. The maximum absolute atomic E-state index is 11.7. The van der Waals surface area contributed by atoms with E-state index >= 15 is 0 Å². The van der Waals surface area contributed by atoms with Crippen LogP contribution in [0, 0.1) is 0 Å². The number of hydrogen-bond acceptors (Lipinski definition) is 5. The second kappa shape index (κ2) is 7.56. The minimum absolute atomic E-state index is 0.181. The van der Waals surface area contributed by atoms with Crippen LogP contribution < -0.4 is 10.6 Å². The molecule has 1 fully saturated rings. The standard InChI is InChI=1S/C13H23N5OS/c1-3-17-5-7-18(8-6-17)11(2)10-15-12(19)16-13-14-4-9-20-13/h4,9,11H,3,5-8,10H2,1-2H3,(H2,14,15,16,19). The molecule has 1 aromatic heterocycles. The van der Waals surface area contributed by atoms with Crippen molar-refractivity contribution in [3.8, 4) is 0 Å². The maximum Gasteiger partial charge on any atom is 0.321 e. The van der Waals surface area contributed by atoms with Crippen LogP contribution in [0.25, 0.3) is 0 Å². The van der Waals surface area contributed by atoms with Gasteiger partial charge in [-0.2, -0.15) is 0 Å². The fourth-order valence-electron chi connectivity index (χ4n) is 2.32. The second-order valence-electron chi connectivity index (χ2n) is 4.99. The van der Waals surface area contributed by atoms with Crippen molar-refractivity contribution in [1.82, 2.24) is 20.1 Å². The molecule has 0 aromatic carbocycles. The first-order valence-corrected chi connectivity index (χ1v) is 7.97. The SMILES string of the molecule is CCN1CCN(C(C)CNC(=O)Nc2nccs2)CC1. The first-order valence-electron chi connectivity index (χ1n) is 7.09. The Kier molecular flexibility index (Phi) is 5.75. The van der Waals surface area contributed by atoms with E-state index in [4.69, 9.17) is 0 Å². The summed E-state index contributed by atoms with van der Waals surface area (Å²) in [6.07, 6.45) is 1.68. The van der Waals surface area contributed by atoms with Crippen LogP contribution in [0.2, 0.25) is 0 Å². The van der Waals surface area contributed by atoms with E-state index in [2.05, 4.69) is 39.3 Å². The highest BCUT2D eigenvalue weighted by Gasteiger charge is 2.20. The largest absolute Gasteiger partial charge is 0.336 e. The van der Waals surface area contributed by atoms with Gasteiger partial charge in [0.25, 0.3) is 0 Å². The summed E-state index contributed by atoms with van der Waals surface area (Å²) in [5, 5.41) is 8.10. The van der Waals surface area contributed by atoms with Gasteiger partial charge >= 0.3 is 6.03 Å². The summed E-state index contributed by atoms with van der Waals surface area (Å²) in [6.45, 7) is 10.5. The van der Waals surface area contributed by atoms with Crippen molar-refractivity contribution in [2.45, 2.75) is 19.9 Å². The molecule has 2 rings (SSSR count). The molecule has 6 nitrogen and oxygen atoms in total. The molecule has 1 saturated heterocycles. The molecule has 112 valence electrons. The van der Waals surface area contributed by atoms with E-state index in [0.717, 1.165) is 32.7 Å². The molecular weight excluding hydrogens is 274 g/mol. The van der Waals surface area contributed by atoms with Gasteiger partial charge in [0, 0.05) is 50.3 Å². The summed E-state index contributed by atoms with van der Waals surface area (Å²) >= 11 is 1.42. The van der Waals surface area contributed by atoms with Gasteiger partial charge in [0.05, 0.1) is 0 Å². The van der Waals surface area contributed by atoms with Gasteiger partial charge in [-0.25, -0.2) is 9.78 Å². The molecule has 2 heterocycles. The van der Waals surface area contributed by atoms with Crippen LogP contribution in [-0.4, -0.2) is 66.1 Å². The molecule has 1 aliphatic rings. The van der Waals surface area contributed by atoms with Crippen LogP contribution in [0.1, 0.15) is 13.8 Å². The highest BCUT2D eigenvalue weighted by Crippen LogP contribution is 2.10. The Morgan fingerprint density at radius 1 is 1.45 bits per heavy atom. The predicted octanol–water partition coefficient (Wildman–Crippen LogP) is 1.29. The number of aromatic nitrogens is 1. The second-order valence-corrected chi connectivity index (χ2v) is 5.89. The number of carbonyl (C=O) groups excluding carboxylic acids is 1. The molecule has 1 unspecified atom stereocenters. The van der Waals surface area contributed by atoms with Crippen molar-refractivity contribution in [3.63, 3.8) is 0 Å². The molecule has 1 aromatic rings. The minimum Gasteiger partial charge on any atom is -0.336 e. The van der Waals surface area contributed by atoms with E-state index in [9.17, 15) is 4.79 Å². The van der Waals surface area contributed by atoms with Crippen LogP contribution in [0.15, 0.2) is 11.6 Å². The number of nitrogens with one attached hydrogen (secondary N) is 2. The Hall–Kier alpha value is -1.18. The number of thiazole rings is 1. The monoisotopic (exact) mass is 297 g/mol. The van der Waals surface area contributed by atoms with Gasteiger partial charge in [0.2, 0.25) is 0 Å². The topological polar surface area (TPSA) is 60.5 Å². The molecule has 0 bridgehead atoms. The lowest BCUT2D eigenvalue weighted by molar-refractivity contribution is 0.106. The van der Waals surface area contributed by atoms with Crippen molar-refractivity contribution in [2.75, 3.05) is 44.6 Å². The molecular formula is C13H23N5OS. The first kappa shape index (κ1) is 15.2. The number of carbonyl (C=O) groups is 1. The summed E-state index contributed by atoms with van der Waals surface area (Å²) in [5.74, 6) is 0. The van der Waals surface area contributed by atoms with E-state index in [-0.39, 0.29) is 6.03 Å². The smallest absolute Gasteiger partial charge is 0.321 e. The lowest BCUT2D eigenvalue weighted by Crippen LogP contribution is -2.52. The Morgan fingerprint density at radius 3 is 2.80 bits per heavy atom. The Labute approximate surface area is 124 Å². The van der Waals surface area contributed by atoms with Gasteiger partial charge in [-0.15, -0.1) is 11.3 Å². The quantitative estimate of drug-likeness (QED) is 0.860. The molecule has 0 spiro atoms. The molecule has 0 aliphatic carbocycles. The Balaban J connectivity index is 1.67.